The highest BCUT2D eigenvalue weighted by molar-refractivity contribution is 7.89. The van der Waals surface area contributed by atoms with Crippen LogP contribution in [0.2, 0.25) is 0 Å². The molecule has 0 aromatic heterocycles. The van der Waals surface area contributed by atoms with Gasteiger partial charge in [0, 0.05) is 12.6 Å². The molecular weight excluding hydrogens is 260 g/mol. The fourth-order valence-corrected chi connectivity index (χ4v) is 4.42. The van der Waals surface area contributed by atoms with E-state index >= 15 is 0 Å². The Hall–Kier alpha value is -0.910. The van der Waals surface area contributed by atoms with Gasteiger partial charge in [-0.2, -0.15) is 0 Å². The summed E-state index contributed by atoms with van der Waals surface area (Å²) in [4.78, 5) is 0.306. The average Bonchev–Trinajstić information content (AvgIpc) is 2.68. The molecule has 0 spiro atoms. The number of rotatable bonds is 4. The maximum absolute atomic E-state index is 12.5. The lowest BCUT2D eigenvalue weighted by Gasteiger charge is -2.27. The minimum atomic E-state index is -3.49. The minimum Gasteiger partial charge on any atom is -0.326 e. The Morgan fingerprint density at radius 2 is 2.05 bits per heavy atom. The van der Waals surface area contributed by atoms with Gasteiger partial charge in [-0.1, -0.05) is 38.5 Å². The van der Waals surface area contributed by atoms with Gasteiger partial charge < -0.3 is 5.73 Å². The molecule has 19 heavy (non-hydrogen) atoms. The molecule has 1 saturated carbocycles. The van der Waals surface area contributed by atoms with E-state index in [2.05, 4.69) is 18.6 Å². The Morgan fingerprint density at radius 1 is 1.37 bits per heavy atom. The molecule has 0 saturated heterocycles. The molecule has 4 nitrogen and oxygen atoms in total. The standard InChI is InChI=1S/C14H22N2O2S/c1-14(2)9-5-8-13(14)16-19(17,18)12-7-4-3-6-11(12)10-15/h3-4,6-7,13,16H,5,8-10,15H2,1-2H3. The van der Waals surface area contributed by atoms with Gasteiger partial charge in [0.15, 0.2) is 0 Å². The maximum atomic E-state index is 12.5. The highest BCUT2D eigenvalue weighted by atomic mass is 32.2. The third-order valence-electron chi connectivity index (χ3n) is 4.04. The SMILES string of the molecule is CC1(C)CCCC1NS(=O)(=O)c1ccccc1CN. The molecule has 1 aliphatic rings. The van der Waals surface area contributed by atoms with Crippen molar-refractivity contribution in [2.24, 2.45) is 11.1 Å². The number of nitrogens with two attached hydrogens (primary N) is 1. The quantitative estimate of drug-likeness (QED) is 0.887. The lowest BCUT2D eigenvalue weighted by Crippen LogP contribution is -2.41. The fraction of sp³-hybridized carbons (Fsp3) is 0.571. The topological polar surface area (TPSA) is 72.2 Å². The number of sulfonamides is 1. The molecular formula is C14H22N2O2S. The van der Waals surface area contributed by atoms with Gasteiger partial charge in [-0.3, -0.25) is 0 Å². The Bertz CT molecular complexity index is 552. The zero-order valence-corrected chi connectivity index (χ0v) is 12.3. The first-order valence-electron chi connectivity index (χ1n) is 6.67. The van der Waals surface area contributed by atoms with Gasteiger partial charge in [0.1, 0.15) is 0 Å². The molecule has 0 heterocycles. The summed E-state index contributed by atoms with van der Waals surface area (Å²) in [5, 5.41) is 0. The van der Waals surface area contributed by atoms with Crippen molar-refractivity contribution < 1.29 is 8.42 Å². The van der Waals surface area contributed by atoms with Crippen LogP contribution in [0.25, 0.3) is 0 Å². The summed E-state index contributed by atoms with van der Waals surface area (Å²) in [6, 6.07) is 6.91. The van der Waals surface area contributed by atoms with Gasteiger partial charge in [0.25, 0.3) is 0 Å². The van der Waals surface area contributed by atoms with Gasteiger partial charge in [-0.05, 0) is 29.9 Å². The van der Waals surface area contributed by atoms with E-state index in [4.69, 9.17) is 5.73 Å². The molecule has 0 bridgehead atoms. The molecule has 1 atom stereocenters. The Morgan fingerprint density at radius 3 is 2.63 bits per heavy atom. The van der Waals surface area contributed by atoms with Crippen LogP contribution in [0.3, 0.4) is 0 Å². The van der Waals surface area contributed by atoms with Crippen molar-refractivity contribution in [3.8, 4) is 0 Å². The van der Waals surface area contributed by atoms with E-state index in [9.17, 15) is 8.42 Å². The number of benzene rings is 1. The zero-order valence-electron chi connectivity index (χ0n) is 11.5. The van der Waals surface area contributed by atoms with Crippen molar-refractivity contribution in [1.82, 2.24) is 4.72 Å². The monoisotopic (exact) mass is 282 g/mol. The van der Waals surface area contributed by atoms with Crippen LogP contribution in [-0.4, -0.2) is 14.5 Å². The summed E-state index contributed by atoms with van der Waals surface area (Å²) in [5.41, 5.74) is 6.29. The third-order valence-corrected chi connectivity index (χ3v) is 5.61. The van der Waals surface area contributed by atoms with Crippen LogP contribution in [0, 0.1) is 5.41 Å². The van der Waals surface area contributed by atoms with Crippen LogP contribution in [-0.2, 0) is 16.6 Å². The van der Waals surface area contributed by atoms with Crippen molar-refractivity contribution in [1.29, 1.82) is 0 Å². The first-order valence-corrected chi connectivity index (χ1v) is 8.15. The predicted octanol–water partition coefficient (Wildman–Crippen LogP) is 2.00. The minimum absolute atomic E-state index is 0.00308. The summed E-state index contributed by atoms with van der Waals surface area (Å²) in [7, 11) is -3.49. The molecule has 0 aliphatic heterocycles. The summed E-state index contributed by atoms with van der Waals surface area (Å²) in [5.74, 6) is 0. The van der Waals surface area contributed by atoms with Gasteiger partial charge >= 0.3 is 0 Å². The van der Waals surface area contributed by atoms with Crippen molar-refractivity contribution in [3.63, 3.8) is 0 Å². The van der Waals surface area contributed by atoms with Crippen LogP contribution >= 0.6 is 0 Å². The molecule has 1 aliphatic carbocycles. The highest BCUT2D eigenvalue weighted by Crippen LogP contribution is 2.38. The van der Waals surface area contributed by atoms with E-state index in [1.807, 2.05) is 0 Å². The van der Waals surface area contributed by atoms with E-state index in [0.717, 1.165) is 19.3 Å². The van der Waals surface area contributed by atoms with Gasteiger partial charge in [0.2, 0.25) is 10.0 Å². The van der Waals surface area contributed by atoms with Gasteiger partial charge in [-0.15, -0.1) is 0 Å². The fourth-order valence-electron chi connectivity index (χ4n) is 2.73. The van der Waals surface area contributed by atoms with Crippen LogP contribution < -0.4 is 10.5 Å². The molecule has 0 amide bonds. The van der Waals surface area contributed by atoms with E-state index in [0.29, 0.717) is 10.5 Å². The second kappa shape index (κ2) is 5.23. The number of hydrogen-bond donors (Lipinski definition) is 2. The van der Waals surface area contributed by atoms with Gasteiger partial charge in [0.05, 0.1) is 4.90 Å². The number of nitrogens with one attached hydrogen (secondary N) is 1. The van der Waals surface area contributed by atoms with Crippen LogP contribution in [0.15, 0.2) is 29.2 Å². The largest absolute Gasteiger partial charge is 0.326 e. The molecule has 1 aromatic rings. The van der Waals surface area contributed by atoms with E-state index in [1.165, 1.54) is 0 Å². The summed E-state index contributed by atoms with van der Waals surface area (Å²) < 4.78 is 27.8. The van der Waals surface area contributed by atoms with Crippen LogP contribution in [0.1, 0.15) is 38.7 Å². The van der Waals surface area contributed by atoms with Crippen LogP contribution in [0.4, 0.5) is 0 Å². The molecule has 1 aromatic carbocycles. The molecule has 5 heteroatoms. The summed E-state index contributed by atoms with van der Waals surface area (Å²) in [6.45, 7) is 4.45. The Kier molecular flexibility index (Phi) is 3.99. The van der Waals surface area contributed by atoms with Crippen LogP contribution in [0.5, 0.6) is 0 Å². The second-order valence-electron chi connectivity index (χ2n) is 5.87. The zero-order chi connectivity index (χ0) is 14.1. The first-order chi connectivity index (χ1) is 8.87. The van der Waals surface area contributed by atoms with E-state index in [-0.39, 0.29) is 18.0 Å². The third kappa shape index (κ3) is 2.99. The van der Waals surface area contributed by atoms with Crippen molar-refractivity contribution in [2.75, 3.05) is 0 Å². The summed E-state index contributed by atoms with van der Waals surface area (Å²) >= 11 is 0. The van der Waals surface area contributed by atoms with Gasteiger partial charge in [-0.25, -0.2) is 13.1 Å². The number of hydrogen-bond acceptors (Lipinski definition) is 3. The molecule has 3 N–H and O–H groups in total. The summed E-state index contributed by atoms with van der Waals surface area (Å²) in [6.07, 6.45) is 3.02. The lowest BCUT2D eigenvalue weighted by molar-refractivity contribution is 0.313. The Balaban J connectivity index is 2.28. The van der Waals surface area contributed by atoms with E-state index < -0.39 is 10.0 Å². The molecule has 1 unspecified atom stereocenters. The molecule has 0 radical (unpaired) electrons. The lowest BCUT2D eigenvalue weighted by atomic mass is 9.88. The normalized spacial score (nSPS) is 22.6. The molecule has 2 rings (SSSR count). The van der Waals surface area contributed by atoms with Crippen molar-refractivity contribution >= 4 is 10.0 Å². The average molecular weight is 282 g/mol. The first kappa shape index (κ1) is 14.5. The second-order valence-corrected chi connectivity index (χ2v) is 7.55. The maximum Gasteiger partial charge on any atom is 0.241 e. The smallest absolute Gasteiger partial charge is 0.241 e. The van der Waals surface area contributed by atoms with Crippen molar-refractivity contribution in [2.45, 2.75) is 50.6 Å². The molecule has 106 valence electrons. The van der Waals surface area contributed by atoms with E-state index in [1.54, 1.807) is 24.3 Å². The predicted molar refractivity (Wildman–Crippen MR) is 76.1 cm³/mol. The Labute approximate surface area is 115 Å². The van der Waals surface area contributed by atoms with Crippen molar-refractivity contribution in [3.05, 3.63) is 29.8 Å². The highest BCUT2D eigenvalue weighted by Gasteiger charge is 2.37. The molecule has 1 fully saturated rings.